The summed E-state index contributed by atoms with van der Waals surface area (Å²) in [4.78, 5) is 0. The highest BCUT2D eigenvalue weighted by Crippen LogP contribution is 2.65. The minimum Gasteiger partial charge on any atom is -0.0616 e. The van der Waals surface area contributed by atoms with E-state index in [4.69, 9.17) is 0 Å². The Hall–Kier alpha value is -10.9. The molecular weight excluding hydrogens is 1590 g/mol. The van der Waals surface area contributed by atoms with E-state index in [1.54, 1.807) is 0 Å². The van der Waals surface area contributed by atoms with Gasteiger partial charge in [0.15, 0.2) is 0 Å². The van der Waals surface area contributed by atoms with Crippen LogP contribution in [0.3, 0.4) is 0 Å². The van der Waals surface area contributed by atoms with Gasteiger partial charge in [0.1, 0.15) is 0 Å². The van der Waals surface area contributed by atoms with Gasteiger partial charge in [-0.05, 0) is 339 Å². The van der Waals surface area contributed by atoms with E-state index in [-0.39, 0.29) is 65.0 Å². The molecule has 0 saturated heterocycles. The smallest absolute Gasteiger partial charge is 0.0000469 e. The molecular formula is C132H142. The van der Waals surface area contributed by atoms with Gasteiger partial charge in [0.05, 0.1) is 0 Å². The van der Waals surface area contributed by atoms with Gasteiger partial charge in [0, 0.05) is 0 Å². The number of hydrogen-bond acceptors (Lipinski definition) is 0. The molecule has 0 heterocycles. The normalized spacial score (nSPS) is 14.1. The van der Waals surface area contributed by atoms with E-state index in [0.717, 1.165) is 0 Å². The third-order valence-corrected chi connectivity index (χ3v) is 30.9. The van der Waals surface area contributed by atoms with Crippen molar-refractivity contribution in [3.8, 4) is 66.8 Å². The molecule has 0 N–H and O–H groups in total. The van der Waals surface area contributed by atoms with Gasteiger partial charge >= 0.3 is 0 Å². The van der Waals surface area contributed by atoms with E-state index in [1.165, 1.54) is 274 Å². The van der Waals surface area contributed by atoms with Crippen LogP contribution < -0.4 is 0 Å². The van der Waals surface area contributed by atoms with E-state index in [2.05, 4.69) is 456 Å². The Balaban J connectivity index is 1.16. The molecule has 0 bridgehead atoms. The Morgan fingerprint density at radius 3 is 0.364 bits per heavy atom. The van der Waals surface area contributed by atoms with Gasteiger partial charge in [-0.1, -0.05) is 456 Å². The fourth-order valence-electron chi connectivity index (χ4n) is 22.8. The zero-order valence-corrected chi connectivity index (χ0v) is 86.6. The predicted octanol–water partition coefficient (Wildman–Crippen LogP) is 39.4. The second kappa shape index (κ2) is 28.3. The Kier molecular flexibility index (Phi) is 19.1. The van der Waals surface area contributed by atoms with Gasteiger partial charge in [-0.2, -0.15) is 0 Å². The molecule has 0 saturated carbocycles. The zero-order chi connectivity index (χ0) is 94.9. The van der Waals surface area contributed by atoms with E-state index in [9.17, 15) is 0 Å². The Morgan fingerprint density at radius 2 is 0.227 bits per heavy atom. The molecule has 0 aromatic heterocycles. The first-order valence-corrected chi connectivity index (χ1v) is 49.4. The lowest BCUT2D eigenvalue weighted by Crippen LogP contribution is -2.17. The maximum atomic E-state index is 2.66. The minimum atomic E-state index is -0.174. The lowest BCUT2D eigenvalue weighted by Gasteiger charge is -2.32. The molecule has 0 aliphatic heterocycles. The first kappa shape index (κ1) is 89.0. The van der Waals surface area contributed by atoms with Gasteiger partial charge in [0.25, 0.3) is 0 Å². The van der Waals surface area contributed by atoms with Gasteiger partial charge in [0.2, 0.25) is 0 Å². The first-order valence-electron chi connectivity index (χ1n) is 49.4. The van der Waals surface area contributed by atoms with E-state index in [0.29, 0.717) is 0 Å². The lowest BCUT2D eigenvalue weighted by atomic mass is 9.70. The first-order chi connectivity index (χ1) is 61.1. The summed E-state index contributed by atoms with van der Waals surface area (Å²) in [6.07, 6.45) is 0. The second-order valence-corrected chi connectivity index (χ2v) is 53.0. The molecule has 20 aromatic carbocycles. The average Bonchev–Trinajstić information content (AvgIpc) is 0.641. The lowest BCUT2D eigenvalue weighted by molar-refractivity contribution is 0.568. The van der Waals surface area contributed by atoms with Crippen LogP contribution in [0.25, 0.3) is 207 Å². The third kappa shape index (κ3) is 13.8. The maximum Gasteiger partial charge on any atom is -0.0000469 e. The van der Waals surface area contributed by atoms with Crippen molar-refractivity contribution in [1.82, 2.24) is 0 Å². The summed E-state index contributed by atoms with van der Waals surface area (Å²) in [5.74, 6) is 0. The number of hydrogen-bond donors (Lipinski definition) is 0. The summed E-state index contributed by atoms with van der Waals surface area (Å²) in [6, 6.07) is 87.2. The molecule has 0 fully saturated rings. The molecule has 20 rings (SSSR count). The Bertz CT molecular complexity index is 7140. The molecule has 0 spiro atoms. The van der Waals surface area contributed by atoms with Crippen molar-refractivity contribution in [1.29, 1.82) is 0 Å². The fourth-order valence-corrected chi connectivity index (χ4v) is 22.8. The summed E-state index contributed by atoms with van der Waals surface area (Å²) in [7, 11) is 0. The van der Waals surface area contributed by atoms with Crippen LogP contribution in [-0.4, -0.2) is 0 Å². The van der Waals surface area contributed by atoms with Gasteiger partial charge in [-0.25, -0.2) is 0 Å². The van der Waals surface area contributed by atoms with Crippen molar-refractivity contribution in [2.75, 3.05) is 0 Å². The third-order valence-electron chi connectivity index (χ3n) is 30.9. The molecule has 0 heteroatoms. The molecule has 132 heavy (non-hydrogen) atoms. The number of benzene rings is 20. The molecule has 0 amide bonds. The number of fused-ring (bicyclic) bond motifs is 8. The molecule has 670 valence electrons. The summed E-state index contributed by atoms with van der Waals surface area (Å²) in [5.41, 5.74) is 29.6. The van der Waals surface area contributed by atoms with Crippen LogP contribution in [0, 0.1) is 0 Å². The van der Waals surface area contributed by atoms with Crippen LogP contribution in [0.15, 0.2) is 206 Å². The van der Waals surface area contributed by atoms with Crippen molar-refractivity contribution >= 4 is 140 Å². The Labute approximate surface area is 788 Å². The van der Waals surface area contributed by atoms with Crippen molar-refractivity contribution in [2.45, 2.75) is 314 Å². The van der Waals surface area contributed by atoms with Crippen LogP contribution >= 0.6 is 0 Å². The zero-order valence-electron chi connectivity index (χ0n) is 86.6. The molecule has 0 atom stereocenters. The Morgan fingerprint density at radius 1 is 0.106 bits per heavy atom. The SMILES string of the molecule is CC(C)(C)c1cc(-c2c3ccc4c5c(-c6cc(C(C)(C)C)cc(C(C)(C)C)c6)c6ccccc6c(-c6cc(C(C)(C)C)cc(C(C)(C)C)c6)c5c5ccc6c(-c7cc(C(C)(C)C)cc(C(C)(C)C)c7)c7ccc8c9c(-c%10cc(C(C)(C)C)cc(C(C)(C)C)c%10)c%10ccccc%10c(-c%10cc(C(C)(C)C)cc(C(C)(C)C)c%10)c9c9ccc2c2c9c8c7c7c6c5c4c3c27)cc(C(C)(C)C)c1. The van der Waals surface area contributed by atoms with E-state index in [1.807, 2.05) is 0 Å². The molecule has 0 aliphatic carbocycles. The van der Waals surface area contributed by atoms with Crippen molar-refractivity contribution in [3.05, 3.63) is 273 Å². The molecule has 0 aliphatic rings. The second-order valence-electron chi connectivity index (χ2n) is 53.0. The van der Waals surface area contributed by atoms with Crippen LogP contribution in [0.4, 0.5) is 0 Å². The highest BCUT2D eigenvalue weighted by Gasteiger charge is 2.39. The summed E-state index contributed by atoms with van der Waals surface area (Å²) in [6.45, 7) is 87.2. The highest BCUT2D eigenvalue weighted by molar-refractivity contribution is 6.60. The summed E-state index contributed by atoms with van der Waals surface area (Å²) in [5, 5.41) is 34.4. The molecule has 0 radical (unpaired) electrons. The van der Waals surface area contributed by atoms with Crippen LogP contribution in [-0.2, 0) is 65.0 Å². The summed E-state index contributed by atoms with van der Waals surface area (Å²) < 4.78 is 0. The highest BCUT2D eigenvalue weighted by atomic mass is 14.4. The fraction of sp³-hybridized carbons (Fsp3) is 0.364. The molecule has 20 aromatic rings. The van der Waals surface area contributed by atoms with Crippen molar-refractivity contribution in [2.24, 2.45) is 0 Å². The van der Waals surface area contributed by atoms with Crippen LogP contribution in [0.2, 0.25) is 0 Å². The quantitative estimate of drug-likeness (QED) is 0.115. The van der Waals surface area contributed by atoms with Crippen molar-refractivity contribution in [3.63, 3.8) is 0 Å². The van der Waals surface area contributed by atoms with Gasteiger partial charge in [-0.15, -0.1) is 0 Å². The number of rotatable bonds is 6. The van der Waals surface area contributed by atoms with Crippen LogP contribution in [0.1, 0.15) is 316 Å². The van der Waals surface area contributed by atoms with Gasteiger partial charge in [-0.3, -0.25) is 0 Å². The van der Waals surface area contributed by atoms with E-state index >= 15 is 0 Å². The largest absolute Gasteiger partial charge is 0.0616 e. The maximum absolute atomic E-state index is 2.66. The summed E-state index contributed by atoms with van der Waals surface area (Å²) >= 11 is 0. The predicted molar refractivity (Wildman–Crippen MR) is 587 cm³/mol. The average molecular weight is 1730 g/mol. The van der Waals surface area contributed by atoms with Gasteiger partial charge < -0.3 is 0 Å². The topological polar surface area (TPSA) is 0 Å². The molecule has 0 unspecified atom stereocenters. The van der Waals surface area contributed by atoms with Crippen molar-refractivity contribution < 1.29 is 0 Å². The molecule has 0 nitrogen and oxygen atoms in total. The minimum absolute atomic E-state index is 0.163. The van der Waals surface area contributed by atoms with E-state index < -0.39 is 0 Å². The van der Waals surface area contributed by atoms with Crippen LogP contribution in [0.5, 0.6) is 0 Å². The standard InChI is InChI=1S/C132H142/c1-121(2,3)77-53-71(54-78(65-77)122(4,5)6)101-93-45-49-97-107-103(73-57-81(125(13,14)15)67-82(58-73)126(16,17)18)89-41-37-39-43-91(89)105(75-61-85(129(25,26)27)69-86(62-75)130(28,29)30)109(107)99-51-47-95-102(72-55-79(123(7,8)9)66-80(56-72)124(10,11)12)96-48-52-100-110-106(76-63-87(131(31,32)33)70-88(64-76)132(34,35)36)92-44-40-38-42-90(92)104(74-59-83(127(19,20)21)68-84(60-74)128(22,23)24)108(110)98-50-46-94(101)116-112(98)114(100)118(96)120-117(95)113(99)111(97)115(93)119(116)120/h37-70H,1-36H3. The monoisotopic (exact) mass is 1730 g/mol.